The molecular formula is C28H34O2. The molecule has 0 saturated heterocycles. The van der Waals surface area contributed by atoms with E-state index in [1.807, 2.05) is 26.0 Å². The second-order valence-electron chi connectivity index (χ2n) is 9.32. The van der Waals surface area contributed by atoms with Crippen molar-refractivity contribution in [1.82, 2.24) is 0 Å². The van der Waals surface area contributed by atoms with E-state index in [4.69, 9.17) is 0 Å². The standard InChI is InChI=1S/C28H34O2/c1-19-17-25(13-15-27(19)29)23-9-5-21(6-10-23)3-4-22-7-11-24(12-8-22)26-14-16-28(30)20(2)18-26/h9,11,13-18,21-22,29-30H,3-8,10,12H2,1-2H3. The number of phenolic OH excluding ortho intramolecular Hbond substituents is 2. The van der Waals surface area contributed by atoms with E-state index < -0.39 is 0 Å². The number of benzene rings is 2. The zero-order valence-corrected chi connectivity index (χ0v) is 18.3. The normalized spacial score (nSPS) is 21.8. The number of allylic oxidation sites excluding steroid dienone is 4. The molecule has 0 amide bonds. The summed E-state index contributed by atoms with van der Waals surface area (Å²) in [4.78, 5) is 0. The Morgan fingerprint density at radius 1 is 0.700 bits per heavy atom. The molecule has 4 rings (SSSR count). The summed E-state index contributed by atoms with van der Waals surface area (Å²) in [7, 11) is 0. The molecular weight excluding hydrogens is 368 g/mol. The molecule has 0 saturated carbocycles. The summed E-state index contributed by atoms with van der Waals surface area (Å²) >= 11 is 0. The minimum atomic E-state index is 0.387. The van der Waals surface area contributed by atoms with Gasteiger partial charge in [-0.05, 0) is 135 Å². The Labute approximate surface area is 181 Å². The molecule has 2 heteroatoms. The molecule has 158 valence electrons. The first-order valence-corrected chi connectivity index (χ1v) is 11.5. The second-order valence-corrected chi connectivity index (χ2v) is 9.32. The predicted molar refractivity (Wildman–Crippen MR) is 126 cm³/mol. The Kier molecular flexibility index (Phi) is 6.32. The monoisotopic (exact) mass is 402 g/mol. The van der Waals surface area contributed by atoms with Crippen molar-refractivity contribution in [2.24, 2.45) is 11.8 Å². The maximum Gasteiger partial charge on any atom is 0.118 e. The summed E-state index contributed by atoms with van der Waals surface area (Å²) < 4.78 is 0. The molecule has 2 aliphatic carbocycles. The Hall–Kier alpha value is -2.48. The summed E-state index contributed by atoms with van der Waals surface area (Å²) in [6.45, 7) is 3.94. The second kappa shape index (κ2) is 9.12. The minimum absolute atomic E-state index is 0.387. The maximum atomic E-state index is 9.75. The van der Waals surface area contributed by atoms with Gasteiger partial charge < -0.3 is 10.2 Å². The Morgan fingerprint density at radius 2 is 1.13 bits per heavy atom. The fraction of sp³-hybridized carbons (Fsp3) is 0.429. The molecule has 0 aromatic heterocycles. The highest BCUT2D eigenvalue weighted by Gasteiger charge is 2.20. The molecule has 2 N–H and O–H groups in total. The van der Waals surface area contributed by atoms with Gasteiger partial charge in [0.25, 0.3) is 0 Å². The van der Waals surface area contributed by atoms with Crippen molar-refractivity contribution in [2.75, 3.05) is 0 Å². The number of phenols is 2. The number of hydrogen-bond acceptors (Lipinski definition) is 2. The van der Waals surface area contributed by atoms with Crippen LogP contribution < -0.4 is 0 Å². The van der Waals surface area contributed by atoms with Crippen molar-refractivity contribution >= 4 is 11.1 Å². The van der Waals surface area contributed by atoms with Crippen molar-refractivity contribution in [2.45, 2.75) is 65.2 Å². The van der Waals surface area contributed by atoms with Crippen molar-refractivity contribution in [3.63, 3.8) is 0 Å². The third kappa shape index (κ3) is 4.80. The first kappa shape index (κ1) is 20.8. The SMILES string of the molecule is Cc1cc(C2=CCC(CCC3CC=C(c4ccc(O)c(C)c4)CC3)CC2)ccc1O. The maximum absolute atomic E-state index is 9.75. The lowest BCUT2D eigenvalue weighted by atomic mass is 9.79. The summed E-state index contributed by atoms with van der Waals surface area (Å²) in [6.07, 6.45) is 14.8. The van der Waals surface area contributed by atoms with Crippen LogP contribution in [0.5, 0.6) is 11.5 Å². The zero-order valence-electron chi connectivity index (χ0n) is 18.3. The topological polar surface area (TPSA) is 40.5 Å². The molecule has 2 unspecified atom stereocenters. The predicted octanol–water partition coefficient (Wildman–Crippen LogP) is 7.56. The Morgan fingerprint density at radius 3 is 1.47 bits per heavy atom. The molecule has 0 bridgehead atoms. The lowest BCUT2D eigenvalue weighted by Crippen LogP contribution is -2.11. The molecule has 0 aliphatic heterocycles. The van der Waals surface area contributed by atoms with Gasteiger partial charge in [0.1, 0.15) is 11.5 Å². The van der Waals surface area contributed by atoms with Crippen LogP contribution in [0.2, 0.25) is 0 Å². The first-order valence-electron chi connectivity index (χ1n) is 11.5. The van der Waals surface area contributed by atoms with Crippen LogP contribution in [0.3, 0.4) is 0 Å². The summed E-state index contributed by atoms with van der Waals surface area (Å²) in [6, 6.07) is 12.0. The smallest absolute Gasteiger partial charge is 0.118 e. The lowest BCUT2D eigenvalue weighted by Gasteiger charge is -2.26. The number of hydrogen-bond donors (Lipinski definition) is 2. The van der Waals surface area contributed by atoms with E-state index >= 15 is 0 Å². The fourth-order valence-corrected chi connectivity index (χ4v) is 5.01. The van der Waals surface area contributed by atoms with Crippen LogP contribution in [0.15, 0.2) is 48.6 Å². The molecule has 2 aromatic rings. The van der Waals surface area contributed by atoms with Gasteiger partial charge in [-0.3, -0.25) is 0 Å². The third-order valence-electron chi connectivity index (χ3n) is 7.16. The van der Waals surface area contributed by atoms with Crippen LogP contribution in [0.1, 0.15) is 73.6 Å². The van der Waals surface area contributed by atoms with E-state index in [9.17, 15) is 10.2 Å². The number of aromatic hydroxyl groups is 2. The highest BCUT2D eigenvalue weighted by molar-refractivity contribution is 5.68. The van der Waals surface area contributed by atoms with Gasteiger partial charge in [0, 0.05) is 0 Å². The summed E-state index contributed by atoms with van der Waals surface area (Å²) in [5.74, 6) is 2.41. The highest BCUT2D eigenvalue weighted by Crippen LogP contribution is 2.37. The van der Waals surface area contributed by atoms with E-state index in [0.717, 1.165) is 35.8 Å². The molecule has 2 nitrogen and oxygen atoms in total. The zero-order chi connectivity index (χ0) is 21.1. The van der Waals surface area contributed by atoms with Crippen LogP contribution in [-0.2, 0) is 0 Å². The van der Waals surface area contributed by atoms with E-state index in [-0.39, 0.29) is 0 Å². The molecule has 2 aliphatic rings. The molecule has 2 atom stereocenters. The number of rotatable bonds is 5. The largest absolute Gasteiger partial charge is 0.508 e. The van der Waals surface area contributed by atoms with Gasteiger partial charge in [0.15, 0.2) is 0 Å². The summed E-state index contributed by atoms with van der Waals surface area (Å²) in [5.41, 5.74) is 7.37. The minimum Gasteiger partial charge on any atom is -0.508 e. The Bertz CT molecular complexity index is 887. The molecule has 2 aromatic carbocycles. The van der Waals surface area contributed by atoms with Crippen molar-refractivity contribution < 1.29 is 10.2 Å². The van der Waals surface area contributed by atoms with Crippen LogP contribution in [0, 0.1) is 25.7 Å². The van der Waals surface area contributed by atoms with E-state index in [2.05, 4.69) is 36.4 Å². The van der Waals surface area contributed by atoms with Gasteiger partial charge in [-0.25, -0.2) is 0 Å². The van der Waals surface area contributed by atoms with Crippen LogP contribution in [-0.4, -0.2) is 10.2 Å². The lowest BCUT2D eigenvalue weighted by molar-refractivity contribution is 0.360. The van der Waals surface area contributed by atoms with Crippen molar-refractivity contribution in [3.05, 3.63) is 70.8 Å². The summed E-state index contributed by atoms with van der Waals surface area (Å²) in [5, 5.41) is 19.5. The van der Waals surface area contributed by atoms with Crippen molar-refractivity contribution in [3.8, 4) is 11.5 Å². The van der Waals surface area contributed by atoms with E-state index in [1.54, 1.807) is 0 Å². The Balaban J connectivity index is 1.27. The average Bonchev–Trinajstić information content (AvgIpc) is 2.77. The van der Waals surface area contributed by atoms with Gasteiger partial charge in [-0.1, -0.05) is 24.3 Å². The van der Waals surface area contributed by atoms with Crippen LogP contribution >= 0.6 is 0 Å². The van der Waals surface area contributed by atoms with Gasteiger partial charge in [-0.2, -0.15) is 0 Å². The molecule has 0 fully saturated rings. The third-order valence-corrected chi connectivity index (χ3v) is 7.16. The van der Waals surface area contributed by atoms with E-state index in [1.165, 1.54) is 60.8 Å². The molecule has 0 heterocycles. The van der Waals surface area contributed by atoms with Crippen LogP contribution in [0.4, 0.5) is 0 Å². The first-order chi connectivity index (χ1) is 14.5. The molecule has 0 radical (unpaired) electrons. The van der Waals surface area contributed by atoms with Gasteiger partial charge in [-0.15, -0.1) is 0 Å². The van der Waals surface area contributed by atoms with Gasteiger partial charge >= 0.3 is 0 Å². The van der Waals surface area contributed by atoms with Gasteiger partial charge in [0.2, 0.25) is 0 Å². The average molecular weight is 403 g/mol. The highest BCUT2D eigenvalue weighted by atomic mass is 16.3. The van der Waals surface area contributed by atoms with Crippen LogP contribution in [0.25, 0.3) is 11.1 Å². The molecule has 0 spiro atoms. The number of aryl methyl sites for hydroxylation is 2. The fourth-order valence-electron chi connectivity index (χ4n) is 5.01. The van der Waals surface area contributed by atoms with Gasteiger partial charge in [0.05, 0.1) is 0 Å². The molecule has 30 heavy (non-hydrogen) atoms. The van der Waals surface area contributed by atoms with Crippen molar-refractivity contribution in [1.29, 1.82) is 0 Å². The quantitative estimate of drug-likeness (QED) is 0.541. The van der Waals surface area contributed by atoms with E-state index in [0.29, 0.717) is 11.5 Å².